The number of phenolic OH excluding ortho intramolecular Hbond substituents is 1. The maximum atomic E-state index is 13.6. The van der Waals surface area contributed by atoms with E-state index in [-0.39, 0.29) is 18.1 Å². The first-order chi connectivity index (χ1) is 19.4. The summed E-state index contributed by atoms with van der Waals surface area (Å²) in [7, 11) is 0. The number of ether oxygens (including phenoxy) is 2. The molecule has 0 radical (unpaired) electrons. The maximum Gasteiger partial charge on any atom is 0.338 e. The summed E-state index contributed by atoms with van der Waals surface area (Å²) in [6.45, 7) is 4.11. The van der Waals surface area contributed by atoms with Crippen molar-refractivity contribution in [2.45, 2.75) is 37.4 Å². The van der Waals surface area contributed by atoms with Gasteiger partial charge in [0, 0.05) is 16.5 Å². The van der Waals surface area contributed by atoms with E-state index in [9.17, 15) is 9.90 Å². The first kappa shape index (κ1) is 28.1. The number of anilines is 1. The van der Waals surface area contributed by atoms with Crippen molar-refractivity contribution in [3.8, 4) is 11.5 Å². The van der Waals surface area contributed by atoms with Crippen LogP contribution in [0.3, 0.4) is 0 Å². The van der Waals surface area contributed by atoms with Gasteiger partial charge in [-0.15, -0.1) is 5.10 Å². The van der Waals surface area contributed by atoms with E-state index in [0.29, 0.717) is 49.8 Å². The number of benzene rings is 3. The second kappa shape index (κ2) is 12.4. The number of esters is 1. The molecule has 2 heterocycles. The topological polar surface area (TPSA) is 98.5 Å². The quantitative estimate of drug-likeness (QED) is 0.147. The van der Waals surface area contributed by atoms with E-state index in [4.69, 9.17) is 26.2 Å². The van der Waals surface area contributed by atoms with Crippen molar-refractivity contribution in [3.05, 3.63) is 104 Å². The number of phenols is 1. The summed E-state index contributed by atoms with van der Waals surface area (Å²) in [6.07, 6.45) is 0. The van der Waals surface area contributed by atoms with E-state index in [0.717, 1.165) is 11.1 Å². The number of carbonyl (C=O) groups is 1. The molecule has 0 spiro atoms. The van der Waals surface area contributed by atoms with Crippen LogP contribution in [0.15, 0.2) is 87.6 Å². The Balaban J connectivity index is 1.52. The molecular formula is C29H26BrClN4O4S. The number of hydrogen-bond donors (Lipinski definition) is 2. The normalized spacial score (nSPS) is 14.4. The van der Waals surface area contributed by atoms with E-state index in [1.807, 2.05) is 61.5 Å². The summed E-state index contributed by atoms with van der Waals surface area (Å²) in [5, 5.41) is 19.7. The van der Waals surface area contributed by atoms with Gasteiger partial charge in [0.25, 0.3) is 0 Å². The van der Waals surface area contributed by atoms with E-state index in [1.54, 1.807) is 23.7 Å². The molecule has 0 aliphatic carbocycles. The highest BCUT2D eigenvalue weighted by Crippen LogP contribution is 2.43. The standard InChI is InChI=1S/C29H26BrClN4O4S/c1-3-38-23-14-20(13-21(30)26(23)36)25-24(27(37)39-15-18-9-5-4-6-10-18)17(2)32-28-33-29(34-35(25)28)40-16-19-11-7-8-12-22(19)31/h4-14,25,36H,3,15-16H2,1-2H3,(H,32,33,34). The number of carbonyl (C=O) groups excluding carboxylic acids is 1. The zero-order valence-electron chi connectivity index (χ0n) is 21.7. The van der Waals surface area contributed by atoms with Crippen molar-refractivity contribution < 1.29 is 19.4 Å². The van der Waals surface area contributed by atoms with Crippen LogP contribution in [0.4, 0.5) is 5.95 Å². The summed E-state index contributed by atoms with van der Waals surface area (Å²) in [6, 6.07) is 19.9. The number of allylic oxidation sites excluding steroid dienone is 1. The number of hydrogen-bond acceptors (Lipinski definition) is 8. The Morgan fingerprint density at radius 1 is 1.18 bits per heavy atom. The third kappa shape index (κ3) is 5.99. The fourth-order valence-corrected chi connectivity index (χ4v) is 5.92. The molecule has 5 rings (SSSR count). The fraction of sp³-hybridized carbons (Fsp3) is 0.207. The highest BCUT2D eigenvalue weighted by Gasteiger charge is 2.36. The molecule has 1 unspecified atom stereocenters. The SMILES string of the molecule is CCOc1cc(C2C(C(=O)OCc3ccccc3)=C(C)Nc3nc(SCc4ccccc4Cl)nn32)cc(Br)c1O. The fourth-order valence-electron chi connectivity index (χ4n) is 4.34. The lowest BCUT2D eigenvalue weighted by Crippen LogP contribution is -2.29. The van der Waals surface area contributed by atoms with Gasteiger partial charge in [0.05, 0.1) is 16.7 Å². The van der Waals surface area contributed by atoms with Crippen LogP contribution in [0, 0.1) is 0 Å². The Morgan fingerprint density at radius 2 is 1.93 bits per heavy atom. The van der Waals surface area contributed by atoms with Crippen LogP contribution in [0.1, 0.15) is 36.6 Å². The monoisotopic (exact) mass is 640 g/mol. The van der Waals surface area contributed by atoms with Crippen LogP contribution in [0.5, 0.6) is 11.5 Å². The number of aromatic nitrogens is 3. The average Bonchev–Trinajstić information content (AvgIpc) is 3.36. The summed E-state index contributed by atoms with van der Waals surface area (Å²) < 4.78 is 13.5. The molecule has 0 saturated carbocycles. The molecule has 4 aromatic rings. The number of halogens is 2. The second-order valence-electron chi connectivity index (χ2n) is 8.95. The lowest BCUT2D eigenvalue weighted by Gasteiger charge is -2.28. The summed E-state index contributed by atoms with van der Waals surface area (Å²) in [5.74, 6) is 0.822. The summed E-state index contributed by atoms with van der Waals surface area (Å²) in [5.41, 5.74) is 3.47. The molecule has 3 aromatic carbocycles. The van der Waals surface area contributed by atoms with Gasteiger partial charge in [-0.25, -0.2) is 9.48 Å². The molecule has 0 saturated heterocycles. The molecule has 11 heteroatoms. The maximum absolute atomic E-state index is 13.6. The van der Waals surface area contributed by atoms with Crippen molar-refractivity contribution in [2.24, 2.45) is 0 Å². The highest BCUT2D eigenvalue weighted by molar-refractivity contribution is 9.10. The van der Waals surface area contributed by atoms with Gasteiger partial charge >= 0.3 is 5.97 Å². The lowest BCUT2D eigenvalue weighted by molar-refractivity contribution is -0.140. The number of aromatic hydroxyl groups is 1. The Labute approximate surface area is 249 Å². The van der Waals surface area contributed by atoms with Crippen LogP contribution in [0.2, 0.25) is 5.02 Å². The van der Waals surface area contributed by atoms with E-state index in [2.05, 4.69) is 26.2 Å². The average molecular weight is 642 g/mol. The zero-order chi connectivity index (χ0) is 28.2. The van der Waals surface area contributed by atoms with Crippen LogP contribution >= 0.6 is 39.3 Å². The molecule has 1 aliphatic rings. The highest BCUT2D eigenvalue weighted by atomic mass is 79.9. The Bertz CT molecular complexity index is 1580. The molecule has 0 amide bonds. The van der Waals surface area contributed by atoms with Gasteiger partial charge in [-0.05, 0) is 64.7 Å². The van der Waals surface area contributed by atoms with Gasteiger partial charge in [0.1, 0.15) is 12.6 Å². The second-order valence-corrected chi connectivity index (χ2v) is 11.2. The first-order valence-corrected chi connectivity index (χ1v) is 14.7. The Hall–Kier alpha value is -3.47. The molecular weight excluding hydrogens is 616 g/mol. The van der Waals surface area contributed by atoms with Gasteiger partial charge < -0.3 is 19.9 Å². The molecule has 0 fully saturated rings. The van der Waals surface area contributed by atoms with Gasteiger partial charge in [-0.1, -0.05) is 71.9 Å². The van der Waals surface area contributed by atoms with Crippen molar-refractivity contribution in [1.82, 2.24) is 14.8 Å². The van der Waals surface area contributed by atoms with Crippen LogP contribution in [0.25, 0.3) is 0 Å². The minimum Gasteiger partial charge on any atom is -0.503 e. The minimum absolute atomic E-state index is 0.0248. The molecule has 2 N–H and O–H groups in total. The number of nitrogens with one attached hydrogen (secondary N) is 1. The van der Waals surface area contributed by atoms with Gasteiger partial charge in [0.2, 0.25) is 11.1 Å². The van der Waals surface area contributed by atoms with E-state index >= 15 is 0 Å². The summed E-state index contributed by atoms with van der Waals surface area (Å²) >= 11 is 11.2. The van der Waals surface area contributed by atoms with Crippen molar-refractivity contribution in [2.75, 3.05) is 11.9 Å². The predicted octanol–water partition coefficient (Wildman–Crippen LogP) is 7.12. The third-order valence-corrected chi connectivity index (χ3v) is 8.11. The molecule has 8 nitrogen and oxygen atoms in total. The smallest absolute Gasteiger partial charge is 0.338 e. The number of rotatable bonds is 9. The van der Waals surface area contributed by atoms with E-state index < -0.39 is 12.0 Å². The predicted molar refractivity (Wildman–Crippen MR) is 159 cm³/mol. The van der Waals surface area contributed by atoms with Crippen LogP contribution in [-0.2, 0) is 21.9 Å². The molecule has 40 heavy (non-hydrogen) atoms. The van der Waals surface area contributed by atoms with Crippen molar-refractivity contribution >= 4 is 51.2 Å². The van der Waals surface area contributed by atoms with Gasteiger partial charge in [0.15, 0.2) is 11.5 Å². The Morgan fingerprint density at radius 3 is 2.67 bits per heavy atom. The minimum atomic E-state index is -0.696. The van der Waals surface area contributed by atoms with Crippen molar-refractivity contribution in [1.29, 1.82) is 0 Å². The van der Waals surface area contributed by atoms with E-state index in [1.165, 1.54) is 11.8 Å². The van der Waals surface area contributed by atoms with Crippen LogP contribution in [-0.4, -0.2) is 32.4 Å². The molecule has 1 atom stereocenters. The number of fused-ring (bicyclic) bond motifs is 1. The first-order valence-electron chi connectivity index (χ1n) is 12.5. The van der Waals surface area contributed by atoms with Gasteiger partial charge in [-0.3, -0.25) is 0 Å². The largest absolute Gasteiger partial charge is 0.503 e. The van der Waals surface area contributed by atoms with Crippen LogP contribution < -0.4 is 10.1 Å². The number of thioether (sulfide) groups is 1. The molecule has 1 aliphatic heterocycles. The number of nitrogens with zero attached hydrogens (tertiary/aromatic N) is 3. The lowest BCUT2D eigenvalue weighted by atomic mass is 9.95. The third-order valence-electron chi connectivity index (χ3n) is 6.25. The zero-order valence-corrected chi connectivity index (χ0v) is 24.9. The van der Waals surface area contributed by atoms with Gasteiger partial charge in [-0.2, -0.15) is 4.98 Å². The molecule has 0 bridgehead atoms. The summed E-state index contributed by atoms with van der Waals surface area (Å²) in [4.78, 5) is 18.3. The Kier molecular flexibility index (Phi) is 8.68. The molecule has 1 aromatic heterocycles. The van der Waals surface area contributed by atoms with Crippen molar-refractivity contribution in [3.63, 3.8) is 0 Å². The molecule has 206 valence electrons.